The Morgan fingerprint density at radius 3 is 2.38 bits per heavy atom. The molecule has 1 heterocycles. The number of aryl methyl sites for hydroxylation is 1. The third-order valence-electron chi connectivity index (χ3n) is 2.89. The van der Waals surface area contributed by atoms with Gasteiger partial charge in [0.2, 0.25) is 0 Å². The summed E-state index contributed by atoms with van der Waals surface area (Å²) in [4.78, 5) is 23.9. The van der Waals surface area contributed by atoms with Crippen molar-refractivity contribution >= 4 is 17.2 Å². The van der Waals surface area contributed by atoms with Crippen molar-refractivity contribution < 1.29 is 9.85 Å². The Kier molecular flexibility index (Phi) is 4.07. The van der Waals surface area contributed by atoms with Gasteiger partial charge in [0.1, 0.15) is 11.9 Å². The number of hydrogen-bond acceptors (Lipinski definition) is 6. The fourth-order valence-corrected chi connectivity index (χ4v) is 1.90. The van der Waals surface area contributed by atoms with Gasteiger partial charge >= 0.3 is 11.5 Å². The van der Waals surface area contributed by atoms with Gasteiger partial charge < -0.3 is 15.4 Å². The summed E-state index contributed by atoms with van der Waals surface area (Å²) in [6.45, 7) is 1.93. The zero-order valence-corrected chi connectivity index (χ0v) is 11.1. The molecule has 8 nitrogen and oxygen atoms in total. The number of pyridine rings is 1. The number of benzene rings is 1. The van der Waals surface area contributed by atoms with E-state index in [1.165, 1.54) is 6.20 Å². The van der Waals surface area contributed by atoms with Gasteiger partial charge in [-0.15, -0.1) is 0 Å². The van der Waals surface area contributed by atoms with Crippen LogP contribution in [0.3, 0.4) is 0 Å². The van der Waals surface area contributed by atoms with Crippen LogP contribution in [0.15, 0.2) is 36.5 Å². The van der Waals surface area contributed by atoms with Crippen molar-refractivity contribution in [3.8, 4) is 0 Å². The van der Waals surface area contributed by atoms with Crippen molar-refractivity contribution in [1.82, 2.24) is 4.98 Å². The van der Waals surface area contributed by atoms with Crippen LogP contribution >= 0.6 is 0 Å². The van der Waals surface area contributed by atoms with Crippen LogP contribution in [0.5, 0.6) is 0 Å². The van der Waals surface area contributed by atoms with Gasteiger partial charge in [0.25, 0.3) is 0 Å². The standard InChI is InChI=1S/C13H12N4O4/c1-9-7-15-13(17(20)21)12(16(18)19)11(9)14-8-10-5-3-2-4-6-10/h2-7H,8H2,1H3,(H,14,15). The van der Waals surface area contributed by atoms with E-state index in [-0.39, 0.29) is 5.69 Å². The molecule has 2 rings (SSSR count). The van der Waals surface area contributed by atoms with Gasteiger partial charge in [-0.3, -0.25) is 10.1 Å². The molecule has 1 aromatic carbocycles. The largest absolute Gasteiger partial charge is 0.444 e. The highest BCUT2D eigenvalue weighted by Gasteiger charge is 2.31. The first-order chi connectivity index (χ1) is 10.0. The topological polar surface area (TPSA) is 111 Å². The molecule has 0 unspecified atom stereocenters. The predicted octanol–water partition coefficient (Wildman–Crippen LogP) is 2.82. The quantitative estimate of drug-likeness (QED) is 0.668. The summed E-state index contributed by atoms with van der Waals surface area (Å²) in [5, 5.41) is 24.9. The van der Waals surface area contributed by atoms with E-state index in [1.807, 2.05) is 30.3 Å². The molecule has 0 fully saturated rings. The van der Waals surface area contributed by atoms with E-state index in [4.69, 9.17) is 0 Å². The molecule has 21 heavy (non-hydrogen) atoms. The fraction of sp³-hybridized carbons (Fsp3) is 0.154. The average molecular weight is 288 g/mol. The van der Waals surface area contributed by atoms with Gasteiger partial charge in [-0.05, 0) is 22.4 Å². The Bertz CT molecular complexity index is 688. The first-order valence-corrected chi connectivity index (χ1v) is 6.07. The van der Waals surface area contributed by atoms with E-state index < -0.39 is 21.4 Å². The SMILES string of the molecule is Cc1cnc([N+](=O)[O-])c([N+](=O)[O-])c1NCc1ccccc1. The van der Waals surface area contributed by atoms with Gasteiger partial charge in [0.15, 0.2) is 0 Å². The van der Waals surface area contributed by atoms with Crippen LogP contribution in [0.2, 0.25) is 0 Å². The van der Waals surface area contributed by atoms with Crippen molar-refractivity contribution in [2.45, 2.75) is 13.5 Å². The van der Waals surface area contributed by atoms with Crippen LogP contribution in [-0.4, -0.2) is 14.8 Å². The van der Waals surface area contributed by atoms with Crippen LogP contribution in [0, 0.1) is 27.2 Å². The summed E-state index contributed by atoms with van der Waals surface area (Å²) in [6, 6.07) is 9.24. The van der Waals surface area contributed by atoms with Crippen molar-refractivity contribution in [3.63, 3.8) is 0 Å². The third-order valence-corrected chi connectivity index (χ3v) is 2.89. The number of anilines is 1. The molecule has 0 radical (unpaired) electrons. The highest BCUT2D eigenvalue weighted by molar-refractivity contribution is 5.72. The van der Waals surface area contributed by atoms with Gasteiger partial charge in [0.05, 0.1) is 4.92 Å². The minimum Gasteiger partial charge on any atom is -0.375 e. The summed E-state index contributed by atoms with van der Waals surface area (Å²) in [6.07, 6.45) is 1.25. The van der Waals surface area contributed by atoms with Crippen molar-refractivity contribution in [2.24, 2.45) is 0 Å². The summed E-state index contributed by atoms with van der Waals surface area (Å²) in [7, 11) is 0. The first-order valence-electron chi connectivity index (χ1n) is 6.07. The average Bonchev–Trinajstić information content (AvgIpc) is 2.46. The number of nitro groups is 2. The van der Waals surface area contributed by atoms with Crippen LogP contribution in [0.4, 0.5) is 17.2 Å². The lowest BCUT2D eigenvalue weighted by Gasteiger charge is -2.09. The molecule has 0 amide bonds. The van der Waals surface area contributed by atoms with E-state index in [2.05, 4.69) is 10.3 Å². The molecule has 1 aromatic heterocycles. The zero-order chi connectivity index (χ0) is 15.4. The van der Waals surface area contributed by atoms with E-state index in [0.29, 0.717) is 12.1 Å². The molecule has 0 atom stereocenters. The number of rotatable bonds is 5. The number of hydrogen-bond donors (Lipinski definition) is 1. The first kappa shape index (κ1) is 14.4. The fourth-order valence-electron chi connectivity index (χ4n) is 1.90. The molecule has 0 bridgehead atoms. The van der Waals surface area contributed by atoms with Crippen LogP contribution in [0.1, 0.15) is 11.1 Å². The molecule has 0 saturated heterocycles. The minimum atomic E-state index is -0.856. The second-order valence-electron chi connectivity index (χ2n) is 4.34. The lowest BCUT2D eigenvalue weighted by molar-refractivity contribution is -0.425. The number of nitrogens with one attached hydrogen (secondary N) is 1. The molecule has 0 aliphatic rings. The van der Waals surface area contributed by atoms with Gasteiger partial charge in [-0.25, -0.2) is 0 Å². The molecule has 0 aliphatic carbocycles. The monoisotopic (exact) mass is 288 g/mol. The van der Waals surface area contributed by atoms with E-state index in [0.717, 1.165) is 5.56 Å². The second kappa shape index (κ2) is 5.95. The normalized spacial score (nSPS) is 10.1. The third kappa shape index (κ3) is 3.11. The maximum absolute atomic E-state index is 11.1. The molecule has 0 spiro atoms. The van der Waals surface area contributed by atoms with Crippen LogP contribution < -0.4 is 5.32 Å². The maximum Gasteiger partial charge on any atom is 0.444 e. The van der Waals surface area contributed by atoms with E-state index in [1.54, 1.807) is 6.92 Å². The Morgan fingerprint density at radius 1 is 1.14 bits per heavy atom. The molecule has 1 N–H and O–H groups in total. The summed E-state index contributed by atoms with van der Waals surface area (Å²) >= 11 is 0. The molecule has 2 aromatic rings. The number of aromatic nitrogens is 1. The highest BCUT2D eigenvalue weighted by atomic mass is 16.6. The number of nitrogens with zero attached hydrogens (tertiary/aromatic N) is 3. The second-order valence-corrected chi connectivity index (χ2v) is 4.34. The Hall–Kier alpha value is -3.03. The van der Waals surface area contributed by atoms with Crippen molar-refractivity contribution in [3.05, 3.63) is 67.9 Å². The molecule has 8 heteroatoms. The van der Waals surface area contributed by atoms with E-state index in [9.17, 15) is 20.2 Å². The van der Waals surface area contributed by atoms with Gasteiger partial charge in [-0.1, -0.05) is 30.3 Å². The van der Waals surface area contributed by atoms with Gasteiger partial charge in [-0.2, -0.15) is 0 Å². The highest BCUT2D eigenvalue weighted by Crippen LogP contribution is 2.35. The molecular weight excluding hydrogens is 276 g/mol. The molecule has 108 valence electrons. The lowest BCUT2D eigenvalue weighted by atomic mass is 10.2. The Morgan fingerprint density at radius 2 is 1.81 bits per heavy atom. The summed E-state index contributed by atoms with van der Waals surface area (Å²) in [5.41, 5.74) is 0.885. The smallest absolute Gasteiger partial charge is 0.375 e. The Labute approximate surface area is 119 Å². The van der Waals surface area contributed by atoms with Crippen molar-refractivity contribution in [2.75, 3.05) is 5.32 Å². The molecule has 0 saturated carbocycles. The Balaban J connectivity index is 2.40. The molecular formula is C13H12N4O4. The van der Waals surface area contributed by atoms with Crippen LogP contribution in [-0.2, 0) is 6.54 Å². The maximum atomic E-state index is 11.1. The minimum absolute atomic E-state index is 0.116. The van der Waals surface area contributed by atoms with Gasteiger partial charge in [0, 0.05) is 12.1 Å². The summed E-state index contributed by atoms with van der Waals surface area (Å²) < 4.78 is 0. The lowest BCUT2D eigenvalue weighted by Crippen LogP contribution is -2.08. The molecule has 0 aliphatic heterocycles. The predicted molar refractivity (Wildman–Crippen MR) is 76.1 cm³/mol. The summed E-state index contributed by atoms with van der Waals surface area (Å²) in [5.74, 6) is -0.763. The van der Waals surface area contributed by atoms with Crippen molar-refractivity contribution in [1.29, 1.82) is 0 Å². The zero-order valence-electron chi connectivity index (χ0n) is 11.1. The van der Waals surface area contributed by atoms with Crippen LogP contribution in [0.25, 0.3) is 0 Å². The van der Waals surface area contributed by atoms with E-state index >= 15 is 0 Å².